The number of hydrogen-bond donors (Lipinski definition) is 1. The van der Waals surface area contributed by atoms with Gasteiger partial charge in [-0.1, -0.05) is 19.9 Å². The summed E-state index contributed by atoms with van der Waals surface area (Å²) in [6.45, 7) is 7.45. The summed E-state index contributed by atoms with van der Waals surface area (Å²) in [6, 6.07) is 4.26. The number of aromatic nitrogens is 1. The Morgan fingerprint density at radius 1 is 1.47 bits per heavy atom. The van der Waals surface area contributed by atoms with Gasteiger partial charge in [0, 0.05) is 19.5 Å². The Morgan fingerprint density at radius 3 is 2.71 bits per heavy atom. The van der Waals surface area contributed by atoms with E-state index < -0.39 is 0 Å². The first kappa shape index (κ1) is 14.1. The maximum absolute atomic E-state index is 5.71. The fourth-order valence-electron chi connectivity index (χ4n) is 1.99. The van der Waals surface area contributed by atoms with E-state index in [4.69, 9.17) is 4.74 Å². The highest BCUT2D eigenvalue weighted by Crippen LogP contribution is 2.31. The standard InChI is InChI=1S/C14H24N2O/c1-5-9-16-13(14(3,6-2)17-4)12-8-7-10-15-11-12/h7-8,10-11,13,16H,5-6,9H2,1-4H3. The van der Waals surface area contributed by atoms with Crippen LogP contribution in [-0.4, -0.2) is 24.2 Å². The van der Waals surface area contributed by atoms with E-state index in [1.165, 1.54) is 5.56 Å². The normalized spacial score (nSPS) is 16.5. The molecule has 3 heteroatoms. The van der Waals surface area contributed by atoms with E-state index in [1.54, 1.807) is 13.3 Å². The van der Waals surface area contributed by atoms with Crippen LogP contribution in [0.15, 0.2) is 24.5 Å². The van der Waals surface area contributed by atoms with Crippen molar-refractivity contribution < 1.29 is 4.74 Å². The average Bonchev–Trinajstić information content (AvgIpc) is 2.40. The van der Waals surface area contributed by atoms with E-state index >= 15 is 0 Å². The van der Waals surface area contributed by atoms with Crippen molar-refractivity contribution in [3.8, 4) is 0 Å². The zero-order valence-corrected chi connectivity index (χ0v) is 11.4. The van der Waals surface area contributed by atoms with Gasteiger partial charge in [0.25, 0.3) is 0 Å². The summed E-state index contributed by atoms with van der Waals surface area (Å²) >= 11 is 0. The molecule has 3 nitrogen and oxygen atoms in total. The third-order valence-electron chi connectivity index (χ3n) is 3.40. The summed E-state index contributed by atoms with van der Waals surface area (Å²) in [5.74, 6) is 0. The molecule has 0 fully saturated rings. The number of hydrogen-bond acceptors (Lipinski definition) is 3. The molecular formula is C14H24N2O. The first-order valence-corrected chi connectivity index (χ1v) is 6.36. The largest absolute Gasteiger partial charge is 0.377 e. The fourth-order valence-corrected chi connectivity index (χ4v) is 1.99. The average molecular weight is 236 g/mol. The van der Waals surface area contributed by atoms with E-state index in [1.807, 2.05) is 12.3 Å². The van der Waals surface area contributed by atoms with Crippen LogP contribution in [0.1, 0.15) is 45.2 Å². The molecular weight excluding hydrogens is 212 g/mol. The molecule has 0 saturated heterocycles. The lowest BCUT2D eigenvalue weighted by molar-refractivity contribution is -0.0300. The molecule has 1 N–H and O–H groups in total. The number of nitrogens with zero attached hydrogens (tertiary/aromatic N) is 1. The van der Waals surface area contributed by atoms with E-state index in [-0.39, 0.29) is 11.6 Å². The quantitative estimate of drug-likeness (QED) is 0.790. The second-order valence-corrected chi connectivity index (χ2v) is 4.54. The predicted molar refractivity (Wildman–Crippen MR) is 71.0 cm³/mol. The number of rotatable bonds is 7. The van der Waals surface area contributed by atoms with Gasteiger partial charge < -0.3 is 10.1 Å². The first-order chi connectivity index (χ1) is 8.18. The van der Waals surface area contributed by atoms with Crippen LogP contribution >= 0.6 is 0 Å². The van der Waals surface area contributed by atoms with Gasteiger partial charge in [-0.25, -0.2) is 0 Å². The molecule has 0 spiro atoms. The van der Waals surface area contributed by atoms with Crippen LogP contribution in [0.5, 0.6) is 0 Å². The van der Waals surface area contributed by atoms with Crippen molar-refractivity contribution in [2.45, 2.75) is 45.3 Å². The van der Waals surface area contributed by atoms with Crippen molar-refractivity contribution in [1.82, 2.24) is 10.3 Å². The molecule has 0 saturated carbocycles. The lowest BCUT2D eigenvalue weighted by Gasteiger charge is -2.36. The van der Waals surface area contributed by atoms with Gasteiger partial charge in [0.1, 0.15) is 0 Å². The van der Waals surface area contributed by atoms with E-state index in [9.17, 15) is 0 Å². The molecule has 0 aliphatic rings. The smallest absolute Gasteiger partial charge is 0.0842 e. The zero-order chi connectivity index (χ0) is 12.7. The molecule has 1 heterocycles. The minimum atomic E-state index is -0.196. The van der Waals surface area contributed by atoms with Crippen LogP contribution in [-0.2, 0) is 4.74 Å². The van der Waals surface area contributed by atoms with Crippen molar-refractivity contribution in [2.75, 3.05) is 13.7 Å². The third kappa shape index (κ3) is 3.51. The van der Waals surface area contributed by atoms with Crippen LogP contribution in [0, 0.1) is 0 Å². The van der Waals surface area contributed by atoms with Crippen LogP contribution in [0.25, 0.3) is 0 Å². The number of methoxy groups -OCH3 is 1. The lowest BCUT2D eigenvalue weighted by Crippen LogP contribution is -2.43. The first-order valence-electron chi connectivity index (χ1n) is 6.36. The van der Waals surface area contributed by atoms with Crippen molar-refractivity contribution in [3.05, 3.63) is 30.1 Å². The van der Waals surface area contributed by atoms with Crippen LogP contribution < -0.4 is 5.32 Å². The maximum atomic E-state index is 5.71. The topological polar surface area (TPSA) is 34.2 Å². The Labute approximate surface area is 105 Å². The highest BCUT2D eigenvalue weighted by atomic mass is 16.5. The number of pyridine rings is 1. The highest BCUT2D eigenvalue weighted by Gasteiger charge is 2.33. The molecule has 1 aromatic rings. The molecule has 17 heavy (non-hydrogen) atoms. The van der Waals surface area contributed by atoms with Gasteiger partial charge >= 0.3 is 0 Å². The summed E-state index contributed by atoms with van der Waals surface area (Å²) in [5.41, 5.74) is 0.991. The molecule has 0 bridgehead atoms. The SMILES string of the molecule is CCCNC(c1cccnc1)C(C)(CC)OC. The van der Waals surface area contributed by atoms with Crippen LogP contribution in [0.2, 0.25) is 0 Å². The van der Waals surface area contributed by atoms with Crippen molar-refractivity contribution in [2.24, 2.45) is 0 Å². The Hall–Kier alpha value is -0.930. The Kier molecular flexibility index (Phi) is 5.59. The van der Waals surface area contributed by atoms with Gasteiger partial charge in [-0.2, -0.15) is 0 Å². The monoisotopic (exact) mass is 236 g/mol. The van der Waals surface area contributed by atoms with Gasteiger partial charge in [-0.15, -0.1) is 0 Å². The van der Waals surface area contributed by atoms with Gasteiger partial charge in [0.05, 0.1) is 11.6 Å². The minimum absolute atomic E-state index is 0.186. The highest BCUT2D eigenvalue weighted by molar-refractivity contribution is 5.18. The van der Waals surface area contributed by atoms with Crippen molar-refractivity contribution >= 4 is 0 Å². The molecule has 0 aliphatic carbocycles. The third-order valence-corrected chi connectivity index (χ3v) is 3.40. The van der Waals surface area contributed by atoms with E-state index in [0.29, 0.717) is 0 Å². The molecule has 0 aromatic carbocycles. The van der Waals surface area contributed by atoms with E-state index in [2.05, 4.69) is 37.1 Å². The van der Waals surface area contributed by atoms with E-state index in [0.717, 1.165) is 19.4 Å². The maximum Gasteiger partial charge on any atom is 0.0842 e. The molecule has 96 valence electrons. The molecule has 0 aliphatic heterocycles. The Bertz CT molecular complexity index is 309. The summed E-state index contributed by atoms with van der Waals surface area (Å²) in [4.78, 5) is 4.20. The zero-order valence-electron chi connectivity index (χ0n) is 11.4. The van der Waals surface area contributed by atoms with Crippen LogP contribution in [0.3, 0.4) is 0 Å². The summed E-state index contributed by atoms with van der Waals surface area (Å²) < 4.78 is 5.71. The predicted octanol–water partition coefficient (Wildman–Crippen LogP) is 2.94. The number of ether oxygens (including phenoxy) is 1. The summed E-state index contributed by atoms with van der Waals surface area (Å²) in [5, 5.41) is 3.56. The second kappa shape index (κ2) is 6.72. The van der Waals surface area contributed by atoms with Crippen molar-refractivity contribution in [3.63, 3.8) is 0 Å². The minimum Gasteiger partial charge on any atom is -0.377 e. The molecule has 2 atom stereocenters. The molecule has 1 rings (SSSR count). The van der Waals surface area contributed by atoms with Gasteiger partial charge in [-0.05, 0) is 37.9 Å². The Balaban J connectivity index is 2.95. The lowest BCUT2D eigenvalue weighted by atomic mass is 9.88. The Morgan fingerprint density at radius 2 is 2.24 bits per heavy atom. The molecule has 2 unspecified atom stereocenters. The second-order valence-electron chi connectivity index (χ2n) is 4.54. The van der Waals surface area contributed by atoms with Crippen molar-refractivity contribution in [1.29, 1.82) is 0 Å². The van der Waals surface area contributed by atoms with Crippen LogP contribution in [0.4, 0.5) is 0 Å². The molecule has 1 aromatic heterocycles. The molecule has 0 radical (unpaired) electrons. The van der Waals surface area contributed by atoms with Gasteiger partial charge in [0.2, 0.25) is 0 Å². The summed E-state index contributed by atoms with van der Waals surface area (Å²) in [7, 11) is 1.78. The summed E-state index contributed by atoms with van der Waals surface area (Å²) in [6.07, 6.45) is 5.79. The number of nitrogens with one attached hydrogen (secondary N) is 1. The van der Waals surface area contributed by atoms with Gasteiger partial charge in [-0.3, -0.25) is 4.98 Å². The van der Waals surface area contributed by atoms with Gasteiger partial charge in [0.15, 0.2) is 0 Å². The molecule has 0 amide bonds. The fraction of sp³-hybridized carbons (Fsp3) is 0.643.